The highest BCUT2D eigenvalue weighted by Gasteiger charge is 2.74. The van der Waals surface area contributed by atoms with E-state index in [-0.39, 0.29) is 27.6 Å². The Kier molecular flexibility index (Phi) is 6.22. The minimum absolute atomic E-state index is 0.0270. The minimum Gasteiger partial charge on any atom is -0.456 e. The molecule has 232 valence electrons. The molecule has 4 aromatic rings. The number of benzene rings is 3. The van der Waals surface area contributed by atoms with Crippen LogP contribution in [-0.4, -0.2) is 24.4 Å². The van der Waals surface area contributed by atoms with Gasteiger partial charge in [-0.25, -0.2) is 0 Å². The van der Waals surface area contributed by atoms with Gasteiger partial charge in [0.15, 0.2) is 5.76 Å². The molecule has 0 bridgehead atoms. The predicted octanol–water partition coefficient (Wildman–Crippen LogP) is 9.51. The van der Waals surface area contributed by atoms with Crippen molar-refractivity contribution in [2.24, 2.45) is 0 Å². The molecule has 0 radical (unpaired) electrons. The molecule has 1 saturated carbocycles. The number of aryl methyl sites for hydroxylation is 1. The fourth-order valence-electron chi connectivity index (χ4n) is 10.2. The van der Waals surface area contributed by atoms with E-state index in [1.807, 2.05) is 24.1 Å². The minimum atomic E-state index is -0.0270. The van der Waals surface area contributed by atoms with Crippen LogP contribution in [0.2, 0.25) is 0 Å². The zero-order chi connectivity index (χ0) is 31.4. The molecule has 1 spiro atoms. The van der Waals surface area contributed by atoms with E-state index >= 15 is 0 Å². The molecule has 8 rings (SSSR count). The summed E-state index contributed by atoms with van der Waals surface area (Å²) in [6.45, 7) is 12.4. The fourth-order valence-corrected chi connectivity index (χ4v) is 10.2. The molecule has 4 aliphatic rings. The van der Waals surface area contributed by atoms with Gasteiger partial charge in [-0.05, 0) is 119 Å². The summed E-state index contributed by atoms with van der Waals surface area (Å²) in [4.78, 5) is 15.4. The summed E-state index contributed by atoms with van der Waals surface area (Å²) in [7, 11) is 1.93. The first-order valence-electron chi connectivity index (χ1n) is 17.2. The van der Waals surface area contributed by atoms with Gasteiger partial charge in [-0.2, -0.15) is 0 Å². The van der Waals surface area contributed by atoms with Crippen LogP contribution in [0.5, 0.6) is 0 Å². The number of rotatable bonds is 7. The van der Waals surface area contributed by atoms with Crippen molar-refractivity contribution in [1.82, 2.24) is 4.90 Å². The Hall–Kier alpha value is -3.59. The summed E-state index contributed by atoms with van der Waals surface area (Å²) >= 11 is 0. The number of hydrogen-bond acceptors (Lipinski definition) is 2. The van der Waals surface area contributed by atoms with Gasteiger partial charge in [0.25, 0.3) is 5.91 Å². The maximum atomic E-state index is 13.6. The summed E-state index contributed by atoms with van der Waals surface area (Å²) in [6.07, 6.45) is 7.71. The lowest BCUT2D eigenvalue weighted by Crippen LogP contribution is -2.62. The second-order valence-corrected chi connectivity index (χ2v) is 16.0. The Labute approximate surface area is 269 Å². The molecule has 45 heavy (non-hydrogen) atoms. The van der Waals surface area contributed by atoms with Crippen molar-refractivity contribution in [1.29, 1.82) is 0 Å². The first-order chi connectivity index (χ1) is 21.5. The van der Waals surface area contributed by atoms with Crippen molar-refractivity contribution in [3.63, 3.8) is 0 Å². The molecule has 0 saturated heterocycles. The van der Waals surface area contributed by atoms with Gasteiger partial charge in [-0.15, -0.1) is 0 Å². The smallest absolute Gasteiger partial charge is 0.289 e. The topological polar surface area (TPSA) is 33.5 Å². The monoisotopic (exact) mass is 597 g/mol. The molecule has 1 aromatic heterocycles. The first-order valence-corrected chi connectivity index (χ1v) is 17.2. The Morgan fingerprint density at radius 3 is 2.20 bits per heavy atom. The first kappa shape index (κ1) is 28.9. The van der Waals surface area contributed by atoms with Gasteiger partial charge >= 0.3 is 0 Å². The SMILES string of the molecule is Cc1cc2c(cc1Cc1ccc(C(=O)N(C)CCCC34c5ccccc5[C@@H]5CCC53c3ccccc34)o1)C(C)(C)CCC2(C)C. The van der Waals surface area contributed by atoms with Crippen LogP contribution in [-0.2, 0) is 28.1 Å². The summed E-state index contributed by atoms with van der Waals surface area (Å²) in [5, 5.41) is 0. The molecule has 1 amide bonds. The number of carbonyl (C=O) groups is 1. The maximum Gasteiger partial charge on any atom is 0.289 e. The van der Waals surface area contributed by atoms with E-state index in [9.17, 15) is 4.79 Å². The van der Waals surface area contributed by atoms with Crippen LogP contribution >= 0.6 is 0 Å². The third kappa shape index (κ3) is 3.85. The number of nitrogens with zero attached hydrogens (tertiary/aromatic N) is 1. The van der Waals surface area contributed by atoms with Crippen molar-refractivity contribution >= 4 is 5.91 Å². The lowest BCUT2D eigenvalue weighted by Gasteiger charge is -2.65. The van der Waals surface area contributed by atoms with E-state index in [1.54, 1.807) is 16.7 Å². The third-order valence-corrected chi connectivity index (χ3v) is 12.8. The van der Waals surface area contributed by atoms with E-state index in [1.165, 1.54) is 53.5 Å². The van der Waals surface area contributed by atoms with E-state index in [0.29, 0.717) is 18.1 Å². The van der Waals surface area contributed by atoms with Crippen LogP contribution in [0.25, 0.3) is 0 Å². The van der Waals surface area contributed by atoms with E-state index < -0.39 is 0 Å². The second-order valence-electron chi connectivity index (χ2n) is 16.0. The van der Waals surface area contributed by atoms with Gasteiger partial charge < -0.3 is 9.32 Å². The lowest BCUT2D eigenvalue weighted by molar-refractivity contribution is 0.0689. The number of furan rings is 1. The summed E-state index contributed by atoms with van der Waals surface area (Å²) in [5.74, 6) is 1.91. The van der Waals surface area contributed by atoms with Crippen molar-refractivity contribution in [3.8, 4) is 0 Å². The zero-order valence-electron chi connectivity index (χ0n) is 27.9. The zero-order valence-corrected chi connectivity index (χ0v) is 27.9. The summed E-state index contributed by atoms with van der Waals surface area (Å²) in [6, 6.07) is 27.1. The molecule has 3 nitrogen and oxygen atoms in total. The third-order valence-electron chi connectivity index (χ3n) is 12.8. The molecular weight excluding hydrogens is 550 g/mol. The van der Waals surface area contributed by atoms with Crippen molar-refractivity contribution in [2.75, 3.05) is 13.6 Å². The van der Waals surface area contributed by atoms with Crippen LogP contribution in [0, 0.1) is 6.92 Å². The number of carbonyl (C=O) groups excluding carboxylic acids is 1. The van der Waals surface area contributed by atoms with Gasteiger partial charge in [0.05, 0.1) is 0 Å². The normalized spacial score (nSPS) is 26.0. The molecule has 4 aliphatic carbocycles. The summed E-state index contributed by atoms with van der Waals surface area (Å²) in [5.41, 5.74) is 12.5. The average Bonchev–Trinajstić information content (AvgIpc) is 3.51. The van der Waals surface area contributed by atoms with Crippen LogP contribution in [0.15, 0.2) is 77.2 Å². The molecule has 3 heteroatoms. The van der Waals surface area contributed by atoms with Gasteiger partial charge in [0.2, 0.25) is 0 Å². The van der Waals surface area contributed by atoms with Crippen molar-refractivity contribution in [2.45, 2.75) is 107 Å². The molecule has 3 aromatic carbocycles. The highest BCUT2D eigenvalue weighted by molar-refractivity contribution is 5.91. The average molecular weight is 598 g/mol. The quantitative estimate of drug-likeness (QED) is 0.213. The van der Waals surface area contributed by atoms with Crippen molar-refractivity contribution < 1.29 is 9.21 Å². The Bertz CT molecular complexity index is 1830. The predicted molar refractivity (Wildman–Crippen MR) is 181 cm³/mol. The second kappa shape index (κ2) is 9.71. The molecule has 1 heterocycles. The number of hydrogen-bond donors (Lipinski definition) is 0. The van der Waals surface area contributed by atoms with Gasteiger partial charge in [-0.3, -0.25) is 4.79 Å². The largest absolute Gasteiger partial charge is 0.456 e. The van der Waals surface area contributed by atoms with Crippen LogP contribution in [0.4, 0.5) is 0 Å². The Balaban J connectivity index is 0.977. The Morgan fingerprint density at radius 1 is 0.822 bits per heavy atom. The Morgan fingerprint density at radius 2 is 1.49 bits per heavy atom. The lowest BCUT2D eigenvalue weighted by atomic mass is 9.37. The number of amides is 1. The van der Waals surface area contributed by atoms with E-state index in [4.69, 9.17) is 4.42 Å². The fraction of sp³-hybridized carbons (Fsp3) is 0.452. The van der Waals surface area contributed by atoms with E-state index in [0.717, 1.165) is 25.1 Å². The maximum absolute atomic E-state index is 13.6. The molecule has 0 N–H and O–H groups in total. The number of fused-ring (bicyclic) bond motifs is 6. The van der Waals surface area contributed by atoms with Crippen LogP contribution in [0.1, 0.15) is 133 Å². The molecule has 3 atom stereocenters. The van der Waals surface area contributed by atoms with Crippen molar-refractivity contribution in [3.05, 3.63) is 129 Å². The highest BCUT2D eigenvalue weighted by Crippen LogP contribution is 2.79. The molecular formula is C42H47NO2. The summed E-state index contributed by atoms with van der Waals surface area (Å²) < 4.78 is 6.23. The van der Waals surface area contributed by atoms with Gasteiger partial charge in [0, 0.05) is 30.8 Å². The molecule has 1 fully saturated rings. The van der Waals surface area contributed by atoms with E-state index in [2.05, 4.69) is 95.3 Å². The van der Waals surface area contributed by atoms with Crippen LogP contribution in [0.3, 0.4) is 0 Å². The standard InChI is InChI=1S/C42H47NO2/c1-27-24-35-36(40(4,5)22-21-39(35,2)3)26-28(27)25-29-16-17-37(45-29)38(44)43(6)23-11-19-41-31-13-8-7-12-30(31)32-18-20-42(32,41)34-15-10-9-14-33(34)41/h7-10,12-17,24,26,32H,11,18-23,25H2,1-6H3/t32-,41?,42?/m0/s1. The molecule has 0 aliphatic heterocycles. The molecule has 2 unspecified atom stereocenters. The van der Waals surface area contributed by atoms with Gasteiger partial charge in [-0.1, -0.05) is 88.4 Å². The highest BCUT2D eigenvalue weighted by atomic mass is 16.4. The van der Waals surface area contributed by atoms with Gasteiger partial charge in [0.1, 0.15) is 5.76 Å². The van der Waals surface area contributed by atoms with Crippen LogP contribution < -0.4 is 0 Å².